The van der Waals surface area contributed by atoms with E-state index < -0.39 is 6.43 Å². The Bertz CT molecular complexity index is 404. The quantitative estimate of drug-likeness (QED) is 0.588. The summed E-state index contributed by atoms with van der Waals surface area (Å²) in [6, 6.07) is 3.24. The van der Waals surface area contributed by atoms with E-state index >= 15 is 0 Å². The van der Waals surface area contributed by atoms with Crippen molar-refractivity contribution in [3.05, 3.63) is 26.6 Å². The lowest BCUT2D eigenvalue weighted by molar-refractivity contribution is 0.145. The first kappa shape index (κ1) is 12.8. The molecule has 6 heteroatoms. The molecule has 0 N–H and O–H groups in total. The summed E-state index contributed by atoms with van der Waals surface area (Å²) in [5.41, 5.74) is 0.895. The predicted octanol–water partition coefficient (Wildman–Crippen LogP) is 3.58. The normalized spacial score (nSPS) is 10.4. The molecule has 1 aromatic rings. The first-order chi connectivity index (χ1) is 7.10. The van der Waals surface area contributed by atoms with Crippen molar-refractivity contribution in [1.29, 1.82) is 5.26 Å². The molecule has 0 unspecified atom stereocenters. The monoisotopic (exact) mass is 386 g/mol. The highest BCUT2D eigenvalue weighted by molar-refractivity contribution is 14.1. The zero-order valence-corrected chi connectivity index (χ0v) is 11.2. The van der Waals surface area contributed by atoms with Crippen LogP contribution in [-0.4, -0.2) is 4.98 Å². The largest absolute Gasteiger partial charge is 0.280 e. The number of hydrogen-bond donors (Lipinski definition) is 0. The van der Waals surface area contributed by atoms with Gasteiger partial charge in [0.25, 0.3) is 6.43 Å². The van der Waals surface area contributed by atoms with Crippen molar-refractivity contribution in [2.75, 3.05) is 0 Å². The van der Waals surface area contributed by atoms with E-state index in [0.29, 0.717) is 16.6 Å². The molecular formula is C9H6BrF2IN2. The minimum Gasteiger partial charge on any atom is -0.250 e. The van der Waals surface area contributed by atoms with Crippen LogP contribution in [-0.2, 0) is 11.8 Å². The van der Waals surface area contributed by atoms with Gasteiger partial charge in [0.2, 0.25) is 0 Å². The molecule has 0 fully saturated rings. The van der Waals surface area contributed by atoms with Crippen LogP contribution in [0.1, 0.15) is 23.4 Å². The molecule has 1 rings (SSSR count). The summed E-state index contributed by atoms with van der Waals surface area (Å²) in [4.78, 5) is 3.82. The minimum absolute atomic E-state index is 0.126. The van der Waals surface area contributed by atoms with Gasteiger partial charge in [-0.2, -0.15) is 5.26 Å². The van der Waals surface area contributed by atoms with Gasteiger partial charge < -0.3 is 0 Å². The summed E-state index contributed by atoms with van der Waals surface area (Å²) in [5.74, 6) is 0. The number of pyridine rings is 1. The molecule has 15 heavy (non-hydrogen) atoms. The second kappa shape index (κ2) is 5.70. The lowest BCUT2D eigenvalue weighted by Crippen LogP contribution is -2.02. The van der Waals surface area contributed by atoms with Crippen LogP contribution in [0.2, 0.25) is 0 Å². The Morgan fingerprint density at radius 1 is 1.60 bits per heavy atom. The van der Waals surface area contributed by atoms with Crippen molar-refractivity contribution >= 4 is 38.5 Å². The maximum Gasteiger partial charge on any atom is 0.280 e. The fourth-order valence-corrected chi connectivity index (χ4v) is 2.67. The van der Waals surface area contributed by atoms with Crippen LogP contribution < -0.4 is 0 Å². The van der Waals surface area contributed by atoms with Gasteiger partial charge in [0.1, 0.15) is 5.69 Å². The summed E-state index contributed by atoms with van der Waals surface area (Å²) in [6.07, 6.45) is -2.47. The standard InChI is InChI=1S/C9H6BrF2IN2/c10-4-7-8(13)5(1-2-14)3-6(15-7)9(11)12/h3,9H,1,4H2. The molecule has 2 nitrogen and oxygen atoms in total. The first-order valence-electron chi connectivity index (χ1n) is 3.99. The van der Waals surface area contributed by atoms with E-state index in [9.17, 15) is 8.78 Å². The average Bonchev–Trinajstić information content (AvgIpc) is 2.21. The Balaban J connectivity index is 3.26. The smallest absolute Gasteiger partial charge is 0.250 e. The molecule has 0 atom stereocenters. The molecule has 0 aromatic carbocycles. The molecule has 0 saturated carbocycles. The SMILES string of the molecule is N#CCc1cc(C(F)F)nc(CBr)c1I. The van der Waals surface area contributed by atoms with Gasteiger partial charge in [0.15, 0.2) is 0 Å². The zero-order valence-electron chi connectivity index (χ0n) is 7.48. The van der Waals surface area contributed by atoms with Gasteiger partial charge in [0, 0.05) is 8.90 Å². The molecule has 1 aromatic heterocycles. The van der Waals surface area contributed by atoms with Crippen molar-refractivity contribution in [3.8, 4) is 6.07 Å². The van der Waals surface area contributed by atoms with E-state index in [2.05, 4.69) is 20.9 Å². The van der Waals surface area contributed by atoms with E-state index in [4.69, 9.17) is 5.26 Å². The van der Waals surface area contributed by atoms with E-state index in [-0.39, 0.29) is 12.1 Å². The average molecular weight is 387 g/mol. The van der Waals surface area contributed by atoms with Gasteiger partial charge in [0.05, 0.1) is 18.2 Å². The summed E-state index contributed by atoms with van der Waals surface area (Å²) >= 11 is 5.20. The molecule has 0 spiro atoms. The third-order valence-electron chi connectivity index (χ3n) is 1.74. The van der Waals surface area contributed by atoms with Gasteiger partial charge in [-0.25, -0.2) is 13.8 Å². The van der Waals surface area contributed by atoms with Gasteiger partial charge in [-0.1, -0.05) is 15.9 Å². The second-order valence-electron chi connectivity index (χ2n) is 2.74. The van der Waals surface area contributed by atoms with Crippen LogP contribution in [0.25, 0.3) is 0 Å². The highest BCUT2D eigenvalue weighted by Gasteiger charge is 2.15. The van der Waals surface area contributed by atoms with Crippen LogP contribution in [0.15, 0.2) is 6.07 Å². The summed E-state index contributed by atoms with van der Waals surface area (Å²) in [7, 11) is 0. The third kappa shape index (κ3) is 3.08. The molecule has 0 bridgehead atoms. The molecule has 0 aliphatic carbocycles. The molecule has 0 amide bonds. The maximum absolute atomic E-state index is 12.5. The Kier molecular flexibility index (Phi) is 4.86. The van der Waals surface area contributed by atoms with E-state index in [0.717, 1.165) is 3.57 Å². The molecule has 0 aliphatic rings. The molecule has 0 radical (unpaired) electrons. The van der Waals surface area contributed by atoms with Gasteiger partial charge >= 0.3 is 0 Å². The van der Waals surface area contributed by atoms with Crippen molar-refractivity contribution in [2.45, 2.75) is 18.2 Å². The van der Waals surface area contributed by atoms with Crippen molar-refractivity contribution in [3.63, 3.8) is 0 Å². The molecular weight excluding hydrogens is 381 g/mol. The number of nitriles is 1. The van der Waals surface area contributed by atoms with Crippen molar-refractivity contribution in [2.24, 2.45) is 0 Å². The van der Waals surface area contributed by atoms with E-state index in [1.54, 1.807) is 0 Å². The fourth-order valence-electron chi connectivity index (χ4n) is 1.08. The summed E-state index contributed by atoms with van der Waals surface area (Å²) < 4.78 is 25.7. The highest BCUT2D eigenvalue weighted by atomic mass is 127. The number of rotatable bonds is 3. The molecule has 1 heterocycles. The molecule has 80 valence electrons. The summed E-state index contributed by atoms with van der Waals surface area (Å²) in [6.45, 7) is 0. The number of nitrogens with zero attached hydrogens (tertiary/aromatic N) is 2. The van der Waals surface area contributed by atoms with Crippen LogP contribution in [0.4, 0.5) is 8.78 Å². The van der Waals surface area contributed by atoms with Crippen LogP contribution in [0, 0.1) is 14.9 Å². The number of alkyl halides is 3. The van der Waals surface area contributed by atoms with Crippen LogP contribution in [0.5, 0.6) is 0 Å². The predicted molar refractivity (Wildman–Crippen MR) is 63.9 cm³/mol. The highest BCUT2D eigenvalue weighted by Crippen LogP contribution is 2.24. The van der Waals surface area contributed by atoms with Crippen molar-refractivity contribution < 1.29 is 8.78 Å². The Labute approximate surface area is 108 Å². The maximum atomic E-state index is 12.5. The van der Waals surface area contributed by atoms with Crippen LogP contribution in [0.3, 0.4) is 0 Å². The lowest BCUT2D eigenvalue weighted by Gasteiger charge is -2.08. The molecule has 0 saturated heterocycles. The Hall–Kier alpha value is -0.290. The third-order valence-corrected chi connectivity index (χ3v) is 3.59. The van der Waals surface area contributed by atoms with Gasteiger partial charge in [-0.05, 0) is 34.2 Å². The molecule has 0 aliphatic heterocycles. The number of aromatic nitrogens is 1. The minimum atomic E-state index is -2.60. The first-order valence-corrected chi connectivity index (χ1v) is 6.19. The van der Waals surface area contributed by atoms with E-state index in [1.807, 2.05) is 28.7 Å². The van der Waals surface area contributed by atoms with E-state index in [1.165, 1.54) is 6.07 Å². The number of hydrogen-bond acceptors (Lipinski definition) is 2. The summed E-state index contributed by atoms with van der Waals surface area (Å²) in [5, 5.41) is 8.97. The lowest BCUT2D eigenvalue weighted by atomic mass is 10.1. The van der Waals surface area contributed by atoms with Crippen molar-refractivity contribution in [1.82, 2.24) is 4.98 Å². The Morgan fingerprint density at radius 3 is 2.73 bits per heavy atom. The zero-order chi connectivity index (χ0) is 11.4. The Morgan fingerprint density at radius 2 is 2.27 bits per heavy atom. The van der Waals surface area contributed by atoms with Crippen LogP contribution >= 0.6 is 38.5 Å². The second-order valence-corrected chi connectivity index (χ2v) is 4.38. The van der Waals surface area contributed by atoms with Gasteiger partial charge in [-0.15, -0.1) is 0 Å². The number of halogens is 4. The fraction of sp³-hybridized carbons (Fsp3) is 0.333. The van der Waals surface area contributed by atoms with Gasteiger partial charge in [-0.3, -0.25) is 0 Å². The topological polar surface area (TPSA) is 36.7 Å².